The van der Waals surface area contributed by atoms with Gasteiger partial charge in [0.15, 0.2) is 0 Å². The van der Waals surface area contributed by atoms with E-state index in [1.54, 1.807) is 20.8 Å². The van der Waals surface area contributed by atoms with E-state index >= 15 is 0 Å². The lowest BCUT2D eigenvalue weighted by molar-refractivity contribution is -0.137. The van der Waals surface area contributed by atoms with Crippen molar-refractivity contribution in [3.63, 3.8) is 0 Å². The van der Waals surface area contributed by atoms with Crippen LogP contribution in [0.4, 0.5) is 17.6 Å². The first-order chi connectivity index (χ1) is 11.9. The molecular formula is C17H15ClF4N2OS. The molecule has 0 radical (unpaired) electrons. The zero-order chi connectivity index (χ0) is 19.7. The molecule has 0 bridgehead atoms. The van der Waals surface area contributed by atoms with E-state index in [2.05, 4.69) is 9.38 Å². The summed E-state index contributed by atoms with van der Waals surface area (Å²) in [5, 5.41) is 0.306. The Kier molecular flexibility index (Phi) is 5.99. The van der Waals surface area contributed by atoms with Crippen LogP contribution >= 0.6 is 11.6 Å². The topological polar surface area (TPSA) is 48.3 Å². The van der Waals surface area contributed by atoms with E-state index in [4.69, 9.17) is 11.6 Å². The molecule has 140 valence electrons. The summed E-state index contributed by atoms with van der Waals surface area (Å²) in [6.45, 7) is 4.98. The molecule has 0 fully saturated rings. The summed E-state index contributed by atoms with van der Waals surface area (Å²) in [6, 6.07) is 4.90. The standard InChI is InChI=1S/C17H15ClF4N2OS/c1-16(2,3)26(25)24-15(14-5-4-12(18)9-23-14)10-6-11(17(20,21)22)8-13(19)7-10/h4-9H,1-3H3/b24-15-. The van der Waals surface area contributed by atoms with Gasteiger partial charge in [-0.1, -0.05) is 16.0 Å². The number of rotatable bonds is 3. The van der Waals surface area contributed by atoms with Crippen molar-refractivity contribution in [1.29, 1.82) is 0 Å². The third-order valence-electron chi connectivity index (χ3n) is 3.17. The highest BCUT2D eigenvalue weighted by Crippen LogP contribution is 2.31. The van der Waals surface area contributed by atoms with Gasteiger partial charge in [0.2, 0.25) is 0 Å². The maximum absolute atomic E-state index is 13.8. The summed E-state index contributed by atoms with van der Waals surface area (Å²) in [7, 11) is 0. The first-order valence-electron chi connectivity index (χ1n) is 7.39. The van der Waals surface area contributed by atoms with E-state index in [1.165, 1.54) is 18.3 Å². The molecule has 0 aliphatic rings. The van der Waals surface area contributed by atoms with Crippen LogP contribution in [-0.4, -0.2) is 20.0 Å². The first kappa shape index (κ1) is 20.7. The van der Waals surface area contributed by atoms with Crippen molar-refractivity contribution >= 4 is 28.7 Å². The molecule has 26 heavy (non-hydrogen) atoms. The van der Waals surface area contributed by atoms with Gasteiger partial charge in [0, 0.05) is 11.8 Å². The van der Waals surface area contributed by atoms with Gasteiger partial charge in [-0.3, -0.25) is 4.98 Å². The molecular weight excluding hydrogens is 392 g/mol. The fourth-order valence-electron chi connectivity index (χ4n) is 1.87. The van der Waals surface area contributed by atoms with Gasteiger partial charge in [0.05, 0.1) is 16.3 Å². The van der Waals surface area contributed by atoms with Crippen LogP contribution in [0.3, 0.4) is 0 Å². The Bertz CT molecular complexity index is 817. The zero-order valence-electron chi connectivity index (χ0n) is 14.1. The van der Waals surface area contributed by atoms with E-state index in [9.17, 15) is 22.1 Å². The zero-order valence-corrected chi connectivity index (χ0v) is 15.6. The van der Waals surface area contributed by atoms with Gasteiger partial charge in [-0.2, -0.15) is 13.2 Å². The molecule has 3 nitrogen and oxygen atoms in total. The fraction of sp³-hybridized carbons (Fsp3) is 0.294. The van der Waals surface area contributed by atoms with Crippen molar-refractivity contribution in [2.75, 3.05) is 0 Å². The lowest BCUT2D eigenvalue weighted by Crippen LogP contribution is -2.27. The Labute approximate surface area is 156 Å². The summed E-state index contributed by atoms with van der Waals surface area (Å²) in [5.74, 6) is -1.09. The van der Waals surface area contributed by atoms with Gasteiger partial charge in [0.25, 0.3) is 0 Å². The van der Waals surface area contributed by atoms with Crippen LogP contribution in [0.25, 0.3) is 0 Å². The lowest BCUT2D eigenvalue weighted by Gasteiger charge is -2.19. The summed E-state index contributed by atoms with van der Waals surface area (Å²) in [4.78, 5) is 4.01. The molecule has 2 rings (SSSR count). The van der Waals surface area contributed by atoms with Crippen LogP contribution in [0.15, 0.2) is 40.9 Å². The van der Waals surface area contributed by atoms with Crippen molar-refractivity contribution in [3.05, 3.63) is 64.2 Å². The summed E-state index contributed by atoms with van der Waals surface area (Å²) < 4.78 is 68.5. The van der Waals surface area contributed by atoms with E-state index in [1.807, 2.05) is 0 Å². The number of hydrogen-bond acceptors (Lipinski definition) is 3. The van der Waals surface area contributed by atoms with Crippen LogP contribution in [0.5, 0.6) is 0 Å². The summed E-state index contributed by atoms with van der Waals surface area (Å²) in [6.07, 6.45) is -3.46. The average Bonchev–Trinajstić information content (AvgIpc) is 2.51. The number of benzene rings is 1. The van der Waals surface area contributed by atoms with Crippen LogP contribution in [-0.2, 0) is 17.5 Å². The molecule has 0 spiro atoms. The maximum Gasteiger partial charge on any atom is 0.416 e. The van der Waals surface area contributed by atoms with Gasteiger partial charge in [-0.05, 0) is 51.1 Å². The van der Waals surface area contributed by atoms with Gasteiger partial charge in [0.1, 0.15) is 27.6 Å². The van der Waals surface area contributed by atoms with Crippen molar-refractivity contribution < 1.29 is 22.1 Å². The molecule has 9 heteroatoms. The molecule has 0 amide bonds. The summed E-state index contributed by atoms with van der Waals surface area (Å²) in [5.41, 5.74) is -1.33. The van der Waals surface area contributed by atoms with Gasteiger partial charge >= 0.3 is 6.18 Å². The second-order valence-corrected chi connectivity index (χ2v) is 8.73. The van der Waals surface area contributed by atoms with E-state index in [0.717, 1.165) is 12.1 Å². The van der Waals surface area contributed by atoms with Crippen molar-refractivity contribution in [2.45, 2.75) is 31.7 Å². The lowest BCUT2D eigenvalue weighted by atomic mass is 10.0. The molecule has 1 atom stereocenters. The molecule has 1 aromatic carbocycles. The Morgan fingerprint density at radius 1 is 1.15 bits per heavy atom. The monoisotopic (exact) mass is 406 g/mol. The van der Waals surface area contributed by atoms with Gasteiger partial charge in [-0.25, -0.2) is 4.39 Å². The van der Waals surface area contributed by atoms with E-state index in [-0.39, 0.29) is 17.0 Å². The number of nitrogens with zero attached hydrogens (tertiary/aromatic N) is 2. The Morgan fingerprint density at radius 2 is 1.81 bits per heavy atom. The molecule has 1 aromatic heterocycles. The molecule has 1 unspecified atom stereocenters. The normalized spacial score (nSPS) is 14.4. The van der Waals surface area contributed by atoms with Crippen LogP contribution in [0.2, 0.25) is 5.02 Å². The van der Waals surface area contributed by atoms with E-state index < -0.39 is 33.7 Å². The number of pyridine rings is 1. The van der Waals surface area contributed by atoms with Crippen molar-refractivity contribution in [3.8, 4) is 0 Å². The highest BCUT2D eigenvalue weighted by atomic mass is 35.5. The SMILES string of the molecule is CC(C)(C)[S+]([O-])/N=C(/c1cc(F)cc(C(F)(F)F)c1)c1ccc(Cl)cn1. The fourth-order valence-corrected chi connectivity index (χ4v) is 2.62. The van der Waals surface area contributed by atoms with Crippen LogP contribution < -0.4 is 0 Å². The Morgan fingerprint density at radius 3 is 2.31 bits per heavy atom. The van der Waals surface area contributed by atoms with Crippen molar-refractivity contribution in [1.82, 2.24) is 4.98 Å². The third kappa shape index (κ3) is 5.18. The average molecular weight is 407 g/mol. The van der Waals surface area contributed by atoms with Crippen LogP contribution in [0.1, 0.15) is 37.6 Å². The minimum Gasteiger partial charge on any atom is -0.591 e. The highest BCUT2D eigenvalue weighted by Gasteiger charge is 2.33. The number of aromatic nitrogens is 1. The number of hydrogen-bond donors (Lipinski definition) is 0. The molecule has 0 N–H and O–H groups in total. The van der Waals surface area contributed by atoms with Crippen molar-refractivity contribution in [2.24, 2.45) is 4.40 Å². The molecule has 0 saturated carbocycles. The van der Waals surface area contributed by atoms with E-state index in [0.29, 0.717) is 11.1 Å². The first-order valence-corrected chi connectivity index (χ1v) is 8.87. The van der Waals surface area contributed by atoms with Gasteiger partial charge in [-0.15, -0.1) is 0 Å². The Balaban J connectivity index is 2.67. The second-order valence-electron chi connectivity index (χ2n) is 6.39. The quantitative estimate of drug-likeness (QED) is 0.400. The predicted molar refractivity (Wildman–Crippen MR) is 94.2 cm³/mol. The predicted octanol–water partition coefficient (Wildman–Crippen LogP) is 5.19. The molecule has 0 aliphatic carbocycles. The second kappa shape index (κ2) is 7.54. The minimum absolute atomic E-state index is 0.111. The molecule has 0 saturated heterocycles. The maximum atomic E-state index is 13.8. The summed E-state index contributed by atoms with van der Waals surface area (Å²) >= 11 is 3.98. The smallest absolute Gasteiger partial charge is 0.416 e. The van der Waals surface area contributed by atoms with Gasteiger partial charge < -0.3 is 4.55 Å². The van der Waals surface area contributed by atoms with Crippen LogP contribution in [0, 0.1) is 5.82 Å². The number of alkyl halides is 3. The molecule has 1 heterocycles. The molecule has 0 aliphatic heterocycles. The highest BCUT2D eigenvalue weighted by molar-refractivity contribution is 7.91. The molecule has 2 aromatic rings. The Hall–Kier alpha value is -1.64. The largest absolute Gasteiger partial charge is 0.591 e. The third-order valence-corrected chi connectivity index (χ3v) is 4.79. The number of halogens is 5. The minimum atomic E-state index is -4.74.